The third-order valence-electron chi connectivity index (χ3n) is 4.88. The van der Waals surface area contributed by atoms with E-state index in [1.165, 1.54) is 0 Å². The van der Waals surface area contributed by atoms with Crippen molar-refractivity contribution in [2.45, 2.75) is 12.8 Å². The van der Waals surface area contributed by atoms with Crippen LogP contribution in [-0.2, 0) is 9.59 Å². The van der Waals surface area contributed by atoms with E-state index in [0.717, 1.165) is 30.8 Å². The van der Waals surface area contributed by atoms with Crippen molar-refractivity contribution in [1.29, 1.82) is 0 Å². The second-order valence-corrected chi connectivity index (χ2v) is 7.63. The summed E-state index contributed by atoms with van der Waals surface area (Å²) < 4.78 is 0. The molecule has 1 fully saturated rings. The summed E-state index contributed by atoms with van der Waals surface area (Å²) in [7, 11) is 0. The second-order valence-electron chi connectivity index (χ2n) is 6.82. The third kappa shape index (κ3) is 3.73. The third-order valence-corrected chi connectivity index (χ3v) is 5.49. The molecule has 4 rings (SSSR count). The quantitative estimate of drug-likeness (QED) is 0.745. The summed E-state index contributed by atoms with van der Waals surface area (Å²) in [6.45, 7) is 1.49. The first-order chi connectivity index (χ1) is 14.0. The molecule has 0 saturated carbocycles. The average molecular weight is 430 g/mol. The van der Waals surface area contributed by atoms with Gasteiger partial charge in [-0.05, 0) is 55.3 Å². The highest BCUT2D eigenvalue weighted by molar-refractivity contribution is 6.53. The van der Waals surface area contributed by atoms with Gasteiger partial charge in [0, 0.05) is 29.4 Å². The molecule has 3 amide bonds. The summed E-state index contributed by atoms with van der Waals surface area (Å²) in [6.07, 6.45) is 2.01. The number of imide groups is 1. The Bertz CT molecular complexity index is 1030. The largest absolute Gasteiger partial charge is 0.350 e. The summed E-state index contributed by atoms with van der Waals surface area (Å²) >= 11 is 12.0. The van der Waals surface area contributed by atoms with Crippen molar-refractivity contribution in [1.82, 2.24) is 4.90 Å². The van der Waals surface area contributed by atoms with Crippen molar-refractivity contribution in [2.75, 3.05) is 23.3 Å². The fourth-order valence-electron chi connectivity index (χ4n) is 3.41. The zero-order valence-corrected chi connectivity index (χ0v) is 16.8. The first kappa shape index (κ1) is 19.5. The number of nitrogens with one attached hydrogen (secondary N) is 1. The van der Waals surface area contributed by atoms with Gasteiger partial charge in [-0.2, -0.15) is 0 Å². The molecule has 0 aliphatic carbocycles. The van der Waals surface area contributed by atoms with Crippen molar-refractivity contribution in [3.63, 3.8) is 0 Å². The lowest BCUT2D eigenvalue weighted by Crippen LogP contribution is -2.32. The summed E-state index contributed by atoms with van der Waals surface area (Å²) in [5, 5.41) is 3.19. The molecule has 2 heterocycles. The average Bonchev–Trinajstić information content (AvgIpc) is 3.33. The molecule has 0 aromatic heterocycles. The fourth-order valence-corrected chi connectivity index (χ4v) is 3.75. The van der Waals surface area contributed by atoms with E-state index >= 15 is 0 Å². The van der Waals surface area contributed by atoms with Gasteiger partial charge in [-0.3, -0.25) is 14.4 Å². The number of carbonyl (C=O) groups is 3. The Kier molecular flexibility index (Phi) is 5.30. The minimum Gasteiger partial charge on any atom is -0.350 e. The molecule has 0 unspecified atom stereocenters. The standard InChI is InChI=1S/C21H17Cl2N3O3/c22-14-6-8-16(9-7-14)26-20(28)17(23)18(21(26)29)24-15-5-3-4-13(12-15)19(27)25-10-1-2-11-25/h3-9,12,24H,1-2,10-11H2. The van der Waals surface area contributed by atoms with Crippen LogP contribution in [0.15, 0.2) is 59.3 Å². The molecule has 29 heavy (non-hydrogen) atoms. The van der Waals surface area contributed by atoms with E-state index in [-0.39, 0.29) is 16.6 Å². The topological polar surface area (TPSA) is 69.7 Å². The van der Waals surface area contributed by atoms with E-state index in [1.807, 2.05) is 0 Å². The highest BCUT2D eigenvalue weighted by atomic mass is 35.5. The number of hydrogen-bond donors (Lipinski definition) is 1. The molecule has 1 saturated heterocycles. The van der Waals surface area contributed by atoms with E-state index in [4.69, 9.17) is 23.2 Å². The van der Waals surface area contributed by atoms with Gasteiger partial charge in [0.1, 0.15) is 10.7 Å². The van der Waals surface area contributed by atoms with Crippen molar-refractivity contribution in [3.05, 3.63) is 69.8 Å². The predicted molar refractivity (Wildman–Crippen MR) is 112 cm³/mol. The van der Waals surface area contributed by atoms with Gasteiger partial charge in [0.25, 0.3) is 17.7 Å². The van der Waals surface area contributed by atoms with Crippen LogP contribution in [-0.4, -0.2) is 35.7 Å². The number of likely N-dealkylation sites (tertiary alicyclic amines) is 1. The normalized spacial score (nSPS) is 16.8. The lowest BCUT2D eigenvalue weighted by molar-refractivity contribution is -0.120. The SMILES string of the molecule is O=C(c1cccc(NC2=C(Cl)C(=O)N(c3ccc(Cl)cc3)C2=O)c1)N1CCCC1. The van der Waals surface area contributed by atoms with Crippen molar-refractivity contribution >= 4 is 52.3 Å². The van der Waals surface area contributed by atoms with E-state index in [0.29, 0.717) is 22.0 Å². The molecule has 0 spiro atoms. The highest BCUT2D eigenvalue weighted by Gasteiger charge is 2.39. The second kappa shape index (κ2) is 7.89. The van der Waals surface area contributed by atoms with Crippen molar-refractivity contribution < 1.29 is 14.4 Å². The number of benzene rings is 2. The monoisotopic (exact) mass is 429 g/mol. The van der Waals surface area contributed by atoms with Crippen LogP contribution in [0.4, 0.5) is 11.4 Å². The molecule has 2 aromatic carbocycles. The van der Waals surface area contributed by atoms with Crippen LogP contribution < -0.4 is 10.2 Å². The van der Waals surface area contributed by atoms with Crippen LogP contribution in [0.25, 0.3) is 0 Å². The fraction of sp³-hybridized carbons (Fsp3) is 0.190. The molecule has 0 radical (unpaired) electrons. The first-order valence-corrected chi connectivity index (χ1v) is 9.92. The maximum absolute atomic E-state index is 12.8. The van der Waals surface area contributed by atoms with Crippen molar-refractivity contribution in [3.8, 4) is 0 Å². The van der Waals surface area contributed by atoms with Gasteiger partial charge in [0.05, 0.1) is 5.69 Å². The molecule has 1 N–H and O–H groups in total. The number of hydrogen-bond acceptors (Lipinski definition) is 4. The van der Waals surface area contributed by atoms with E-state index < -0.39 is 11.8 Å². The lowest BCUT2D eigenvalue weighted by Gasteiger charge is -2.17. The van der Waals surface area contributed by atoms with Gasteiger partial charge < -0.3 is 10.2 Å². The molecule has 6 nitrogen and oxygen atoms in total. The lowest BCUT2D eigenvalue weighted by atomic mass is 10.1. The van der Waals surface area contributed by atoms with Gasteiger partial charge in [0.2, 0.25) is 0 Å². The smallest absolute Gasteiger partial charge is 0.283 e. The van der Waals surface area contributed by atoms with Gasteiger partial charge >= 0.3 is 0 Å². The number of nitrogens with zero attached hydrogens (tertiary/aromatic N) is 2. The molecule has 0 bridgehead atoms. The van der Waals surface area contributed by atoms with E-state index in [1.54, 1.807) is 53.4 Å². The van der Waals surface area contributed by atoms with Crippen molar-refractivity contribution in [2.24, 2.45) is 0 Å². The van der Waals surface area contributed by atoms with E-state index in [2.05, 4.69) is 5.32 Å². The minimum atomic E-state index is -0.620. The Morgan fingerprint density at radius 3 is 2.31 bits per heavy atom. The van der Waals surface area contributed by atoms with Gasteiger partial charge in [0.15, 0.2) is 0 Å². The number of rotatable bonds is 4. The predicted octanol–water partition coefficient (Wildman–Crippen LogP) is 4.01. The highest BCUT2D eigenvalue weighted by Crippen LogP contribution is 2.31. The Hall–Kier alpha value is -2.83. The van der Waals surface area contributed by atoms with E-state index in [9.17, 15) is 14.4 Å². The molecule has 2 aromatic rings. The molecular weight excluding hydrogens is 413 g/mol. The summed E-state index contributed by atoms with van der Waals surface area (Å²) in [5.41, 5.74) is 1.36. The first-order valence-electron chi connectivity index (χ1n) is 9.16. The zero-order valence-electron chi connectivity index (χ0n) is 15.3. The number of carbonyl (C=O) groups excluding carboxylic acids is 3. The van der Waals surface area contributed by atoms with Crippen LogP contribution >= 0.6 is 23.2 Å². The number of anilines is 2. The van der Waals surface area contributed by atoms with Crippen LogP contribution in [0.1, 0.15) is 23.2 Å². The summed E-state index contributed by atoms with van der Waals surface area (Å²) in [4.78, 5) is 40.8. The van der Waals surface area contributed by atoms with Gasteiger partial charge in [-0.25, -0.2) is 4.90 Å². The zero-order chi connectivity index (χ0) is 20.5. The Balaban J connectivity index is 1.57. The number of amides is 3. The molecular formula is C21H17Cl2N3O3. The Morgan fingerprint density at radius 2 is 1.62 bits per heavy atom. The Labute approximate surface area is 177 Å². The van der Waals surface area contributed by atoms with Crippen LogP contribution in [0, 0.1) is 0 Å². The Morgan fingerprint density at radius 1 is 0.931 bits per heavy atom. The van der Waals surface area contributed by atoms with Gasteiger partial charge in [-0.1, -0.05) is 29.3 Å². The van der Waals surface area contributed by atoms with Crippen LogP contribution in [0.2, 0.25) is 5.02 Å². The van der Waals surface area contributed by atoms with Gasteiger partial charge in [-0.15, -0.1) is 0 Å². The van der Waals surface area contributed by atoms with Crippen LogP contribution in [0.3, 0.4) is 0 Å². The van der Waals surface area contributed by atoms with Crippen LogP contribution in [0.5, 0.6) is 0 Å². The summed E-state index contributed by atoms with van der Waals surface area (Å²) in [6, 6.07) is 13.1. The molecule has 0 atom stereocenters. The maximum Gasteiger partial charge on any atom is 0.283 e. The maximum atomic E-state index is 12.8. The summed E-state index contributed by atoms with van der Waals surface area (Å²) in [5.74, 6) is -1.24. The minimum absolute atomic E-state index is 0.0302. The molecule has 148 valence electrons. The molecule has 8 heteroatoms. The number of halogens is 2. The molecule has 2 aliphatic heterocycles. The molecule has 2 aliphatic rings.